The van der Waals surface area contributed by atoms with Gasteiger partial charge in [-0.1, -0.05) is 55.8 Å². The molecule has 0 heterocycles. The molecular formula is C20H24FNO2S. The van der Waals surface area contributed by atoms with Gasteiger partial charge in [0, 0.05) is 6.54 Å². The maximum Gasteiger partial charge on any atom is 0.240 e. The fraction of sp³-hybridized carbons (Fsp3) is 0.300. The lowest BCUT2D eigenvalue weighted by Gasteiger charge is -2.23. The van der Waals surface area contributed by atoms with Crippen molar-refractivity contribution in [2.45, 2.75) is 32.1 Å². The van der Waals surface area contributed by atoms with Gasteiger partial charge in [0.05, 0.1) is 4.90 Å². The minimum atomic E-state index is -3.51. The van der Waals surface area contributed by atoms with Gasteiger partial charge in [0.25, 0.3) is 0 Å². The third kappa shape index (κ3) is 6.11. The Morgan fingerprint density at radius 2 is 1.64 bits per heavy atom. The average Bonchev–Trinajstić information content (AvgIpc) is 2.55. The summed E-state index contributed by atoms with van der Waals surface area (Å²) < 4.78 is 40.3. The van der Waals surface area contributed by atoms with Gasteiger partial charge in [-0.15, -0.1) is 0 Å². The molecule has 0 amide bonds. The van der Waals surface area contributed by atoms with E-state index < -0.39 is 10.0 Å². The van der Waals surface area contributed by atoms with Crippen molar-refractivity contribution < 1.29 is 12.8 Å². The standard InChI is InChI=1S/C20H24FNO2S/c1-16-6-12-19(13-7-16)25(23,24)22-15-20(2,3)14-4-5-17-8-10-18(21)11-9-17/h4-13,22H,14-15H2,1-3H3. The number of sulfonamides is 1. The summed E-state index contributed by atoms with van der Waals surface area (Å²) in [6.07, 6.45) is 4.59. The number of halogens is 1. The average molecular weight is 361 g/mol. The van der Waals surface area contributed by atoms with Crippen molar-refractivity contribution in [1.29, 1.82) is 0 Å². The molecule has 0 aliphatic rings. The summed E-state index contributed by atoms with van der Waals surface area (Å²) in [5, 5.41) is 0. The Bertz CT molecular complexity index is 823. The molecule has 0 atom stereocenters. The van der Waals surface area contributed by atoms with E-state index in [-0.39, 0.29) is 16.1 Å². The molecule has 0 aromatic heterocycles. The van der Waals surface area contributed by atoms with Gasteiger partial charge in [-0.25, -0.2) is 17.5 Å². The van der Waals surface area contributed by atoms with Gasteiger partial charge < -0.3 is 0 Å². The molecule has 0 saturated heterocycles. The Morgan fingerprint density at radius 3 is 2.24 bits per heavy atom. The summed E-state index contributed by atoms with van der Waals surface area (Å²) >= 11 is 0. The molecule has 0 spiro atoms. The van der Waals surface area contributed by atoms with E-state index in [1.165, 1.54) is 12.1 Å². The van der Waals surface area contributed by atoms with Crippen LogP contribution in [0, 0.1) is 18.2 Å². The van der Waals surface area contributed by atoms with Crippen molar-refractivity contribution in [3.8, 4) is 0 Å². The van der Waals surface area contributed by atoms with E-state index in [9.17, 15) is 12.8 Å². The number of allylic oxidation sites excluding steroid dienone is 1. The monoisotopic (exact) mass is 361 g/mol. The normalized spacial score (nSPS) is 12.6. The first-order valence-electron chi connectivity index (χ1n) is 8.16. The SMILES string of the molecule is Cc1ccc(S(=O)(=O)NCC(C)(C)CC=Cc2ccc(F)cc2)cc1. The highest BCUT2D eigenvalue weighted by Crippen LogP contribution is 2.22. The number of rotatable bonds is 7. The van der Waals surface area contributed by atoms with Crippen LogP contribution < -0.4 is 4.72 Å². The van der Waals surface area contributed by atoms with Crippen molar-refractivity contribution in [3.63, 3.8) is 0 Å². The van der Waals surface area contributed by atoms with Crippen LogP contribution in [0.2, 0.25) is 0 Å². The minimum Gasteiger partial charge on any atom is -0.211 e. The molecule has 1 N–H and O–H groups in total. The third-order valence-electron chi connectivity index (χ3n) is 3.92. The maximum atomic E-state index is 12.9. The van der Waals surface area contributed by atoms with Gasteiger partial charge in [-0.3, -0.25) is 0 Å². The first kappa shape index (κ1) is 19.3. The van der Waals surface area contributed by atoms with E-state index in [1.807, 2.05) is 32.9 Å². The largest absolute Gasteiger partial charge is 0.240 e. The highest BCUT2D eigenvalue weighted by molar-refractivity contribution is 7.89. The number of benzene rings is 2. The fourth-order valence-electron chi connectivity index (χ4n) is 2.25. The predicted octanol–water partition coefficient (Wildman–Crippen LogP) is 4.54. The number of hydrogen-bond donors (Lipinski definition) is 1. The molecule has 0 unspecified atom stereocenters. The number of nitrogens with one attached hydrogen (secondary N) is 1. The fourth-order valence-corrected chi connectivity index (χ4v) is 3.49. The van der Waals surface area contributed by atoms with Gasteiger partial charge in [-0.2, -0.15) is 0 Å². The highest BCUT2D eigenvalue weighted by Gasteiger charge is 2.21. The van der Waals surface area contributed by atoms with Gasteiger partial charge in [-0.05, 0) is 48.6 Å². The van der Waals surface area contributed by atoms with Crippen molar-refractivity contribution in [1.82, 2.24) is 4.72 Å². The van der Waals surface area contributed by atoms with E-state index >= 15 is 0 Å². The summed E-state index contributed by atoms with van der Waals surface area (Å²) in [7, 11) is -3.51. The third-order valence-corrected chi connectivity index (χ3v) is 5.34. The summed E-state index contributed by atoms with van der Waals surface area (Å²) in [6, 6.07) is 13.0. The zero-order valence-corrected chi connectivity index (χ0v) is 15.6. The molecule has 2 aromatic carbocycles. The molecule has 0 saturated carbocycles. The first-order valence-corrected chi connectivity index (χ1v) is 9.65. The topological polar surface area (TPSA) is 46.2 Å². The molecule has 134 valence electrons. The van der Waals surface area contributed by atoms with Crippen LogP contribution >= 0.6 is 0 Å². The Hall–Kier alpha value is -1.98. The lowest BCUT2D eigenvalue weighted by molar-refractivity contribution is 0.369. The minimum absolute atomic E-state index is 0.242. The molecule has 0 fully saturated rings. The molecule has 0 bridgehead atoms. The van der Waals surface area contributed by atoms with E-state index in [4.69, 9.17) is 0 Å². The van der Waals surface area contributed by atoms with E-state index in [2.05, 4.69) is 4.72 Å². The summed E-state index contributed by atoms with van der Waals surface area (Å²) in [5.41, 5.74) is 1.69. The van der Waals surface area contributed by atoms with E-state index in [0.29, 0.717) is 13.0 Å². The zero-order valence-electron chi connectivity index (χ0n) is 14.8. The van der Waals surface area contributed by atoms with Crippen LogP contribution in [0.15, 0.2) is 59.5 Å². The van der Waals surface area contributed by atoms with Crippen molar-refractivity contribution in [2.75, 3.05) is 6.54 Å². The highest BCUT2D eigenvalue weighted by atomic mass is 32.2. The molecule has 2 aromatic rings. The van der Waals surface area contributed by atoms with Crippen LogP contribution in [0.1, 0.15) is 31.4 Å². The number of aryl methyl sites for hydroxylation is 1. The lowest BCUT2D eigenvalue weighted by atomic mass is 9.89. The second-order valence-electron chi connectivity index (χ2n) is 6.96. The van der Waals surface area contributed by atoms with E-state index in [0.717, 1.165) is 11.1 Å². The zero-order chi connectivity index (χ0) is 18.5. The molecule has 3 nitrogen and oxygen atoms in total. The van der Waals surface area contributed by atoms with Crippen molar-refractivity contribution >= 4 is 16.1 Å². The summed E-state index contributed by atoms with van der Waals surface area (Å²) in [6.45, 7) is 6.25. The Kier molecular flexibility index (Phi) is 6.14. The Balaban J connectivity index is 1.94. The first-order chi connectivity index (χ1) is 11.7. The molecule has 2 rings (SSSR count). The van der Waals surface area contributed by atoms with Gasteiger partial charge in [0.1, 0.15) is 5.82 Å². The van der Waals surface area contributed by atoms with Crippen LogP contribution in [-0.2, 0) is 10.0 Å². The Labute approximate surface area is 149 Å². The molecule has 5 heteroatoms. The van der Waals surface area contributed by atoms with Crippen LogP contribution in [0.4, 0.5) is 4.39 Å². The van der Waals surface area contributed by atoms with Crippen molar-refractivity contribution in [3.05, 3.63) is 71.6 Å². The van der Waals surface area contributed by atoms with Crippen LogP contribution in [0.5, 0.6) is 0 Å². The Morgan fingerprint density at radius 1 is 1.04 bits per heavy atom. The summed E-state index contributed by atoms with van der Waals surface area (Å²) in [5.74, 6) is -0.261. The summed E-state index contributed by atoms with van der Waals surface area (Å²) in [4.78, 5) is 0.274. The van der Waals surface area contributed by atoms with Gasteiger partial charge in [0.2, 0.25) is 10.0 Å². The quantitative estimate of drug-likeness (QED) is 0.787. The van der Waals surface area contributed by atoms with Crippen molar-refractivity contribution in [2.24, 2.45) is 5.41 Å². The number of hydrogen-bond acceptors (Lipinski definition) is 2. The second-order valence-corrected chi connectivity index (χ2v) is 8.73. The van der Waals surface area contributed by atoms with Gasteiger partial charge >= 0.3 is 0 Å². The van der Waals surface area contributed by atoms with E-state index in [1.54, 1.807) is 36.4 Å². The molecule has 0 aliphatic carbocycles. The maximum absolute atomic E-state index is 12.9. The van der Waals surface area contributed by atoms with Gasteiger partial charge in [0.15, 0.2) is 0 Å². The smallest absolute Gasteiger partial charge is 0.211 e. The molecule has 0 radical (unpaired) electrons. The van der Waals surface area contributed by atoms with Crippen LogP contribution in [-0.4, -0.2) is 15.0 Å². The molecular weight excluding hydrogens is 337 g/mol. The van der Waals surface area contributed by atoms with Crippen LogP contribution in [0.25, 0.3) is 6.08 Å². The molecule has 25 heavy (non-hydrogen) atoms. The lowest BCUT2D eigenvalue weighted by Crippen LogP contribution is -2.33. The second kappa shape index (κ2) is 7.93. The van der Waals surface area contributed by atoms with Crippen LogP contribution in [0.3, 0.4) is 0 Å². The predicted molar refractivity (Wildman–Crippen MR) is 100 cm³/mol. The molecule has 0 aliphatic heterocycles.